The Morgan fingerprint density at radius 2 is 2.31 bits per heavy atom. The molecule has 66 valence electrons. The van der Waals surface area contributed by atoms with E-state index in [2.05, 4.69) is 19.9 Å². The Morgan fingerprint density at radius 1 is 1.46 bits per heavy atom. The minimum Gasteiger partial charge on any atom is -0.341 e. The summed E-state index contributed by atoms with van der Waals surface area (Å²) >= 11 is 0. The van der Waals surface area contributed by atoms with Gasteiger partial charge in [-0.05, 0) is 0 Å². The molecule has 7 nitrogen and oxygen atoms in total. The number of amides is 1. The van der Waals surface area contributed by atoms with Crippen LogP contribution in [0.4, 0.5) is 0 Å². The van der Waals surface area contributed by atoms with Gasteiger partial charge < -0.3 is 4.98 Å². The summed E-state index contributed by atoms with van der Waals surface area (Å²) < 4.78 is 0. The van der Waals surface area contributed by atoms with Crippen molar-refractivity contribution in [3.63, 3.8) is 0 Å². The highest BCUT2D eigenvalue weighted by Gasteiger charge is 2.12. The molecule has 13 heavy (non-hydrogen) atoms. The van der Waals surface area contributed by atoms with Crippen molar-refractivity contribution in [2.24, 2.45) is 0 Å². The molecule has 0 unspecified atom stereocenters. The van der Waals surface area contributed by atoms with E-state index >= 15 is 0 Å². The highest BCUT2D eigenvalue weighted by molar-refractivity contribution is 6.01. The molecule has 0 saturated carbocycles. The van der Waals surface area contributed by atoms with E-state index in [-0.39, 0.29) is 5.69 Å². The average Bonchev–Trinajstić information content (AvgIpc) is 2.63. The fourth-order valence-corrected chi connectivity index (χ4v) is 0.990. The summed E-state index contributed by atoms with van der Waals surface area (Å²) in [5.74, 6) is -0.698. The number of hydroxylamine groups is 1. The van der Waals surface area contributed by atoms with E-state index in [1.165, 1.54) is 18.1 Å². The molecule has 0 aromatic carbocycles. The van der Waals surface area contributed by atoms with E-state index in [4.69, 9.17) is 5.21 Å². The van der Waals surface area contributed by atoms with Gasteiger partial charge in [0.25, 0.3) is 5.91 Å². The van der Waals surface area contributed by atoms with Gasteiger partial charge in [0.2, 0.25) is 0 Å². The topological polar surface area (TPSA) is 104 Å². The Kier molecular flexibility index (Phi) is 1.64. The summed E-state index contributed by atoms with van der Waals surface area (Å²) in [6.07, 6.45) is 2.60. The van der Waals surface area contributed by atoms with E-state index in [1.54, 1.807) is 0 Å². The Bertz CT molecular complexity index is 451. The normalized spacial score (nSPS) is 10.2. The van der Waals surface area contributed by atoms with E-state index < -0.39 is 5.91 Å². The monoisotopic (exact) mass is 179 g/mol. The van der Waals surface area contributed by atoms with Gasteiger partial charge in [0.15, 0.2) is 11.3 Å². The third kappa shape index (κ3) is 1.11. The van der Waals surface area contributed by atoms with Gasteiger partial charge in [-0.1, -0.05) is 0 Å². The second-order valence-electron chi connectivity index (χ2n) is 2.26. The molecular weight excluding hydrogens is 174 g/mol. The quantitative estimate of drug-likeness (QED) is 0.403. The molecule has 0 bridgehead atoms. The lowest BCUT2D eigenvalue weighted by Crippen LogP contribution is -2.20. The Hall–Kier alpha value is -2.02. The van der Waals surface area contributed by atoms with Crippen LogP contribution in [0.3, 0.4) is 0 Å². The maximum absolute atomic E-state index is 11.0. The molecule has 0 atom stereocenters. The molecule has 0 aliphatic rings. The number of imidazole rings is 1. The first kappa shape index (κ1) is 7.62. The Morgan fingerprint density at radius 3 is 3.08 bits per heavy atom. The summed E-state index contributed by atoms with van der Waals surface area (Å²) in [5, 5.41) is 8.39. The van der Waals surface area contributed by atoms with Gasteiger partial charge >= 0.3 is 0 Å². The van der Waals surface area contributed by atoms with Crippen molar-refractivity contribution >= 4 is 17.1 Å². The van der Waals surface area contributed by atoms with Gasteiger partial charge in [-0.2, -0.15) is 0 Å². The second-order valence-corrected chi connectivity index (χ2v) is 2.26. The minimum absolute atomic E-state index is 0.0602. The second kappa shape index (κ2) is 2.79. The smallest absolute Gasteiger partial charge is 0.295 e. The Balaban J connectivity index is 2.67. The van der Waals surface area contributed by atoms with Crippen molar-refractivity contribution in [1.29, 1.82) is 0 Å². The van der Waals surface area contributed by atoms with Gasteiger partial charge in [0.1, 0.15) is 11.8 Å². The van der Waals surface area contributed by atoms with E-state index in [1.807, 2.05) is 0 Å². The summed E-state index contributed by atoms with van der Waals surface area (Å²) in [4.78, 5) is 25.0. The molecule has 2 aromatic rings. The molecular formula is C6H5N5O2. The zero-order valence-electron chi connectivity index (χ0n) is 6.35. The van der Waals surface area contributed by atoms with E-state index in [0.717, 1.165) is 0 Å². The molecule has 2 heterocycles. The number of rotatable bonds is 1. The number of hydrogen-bond donors (Lipinski definition) is 3. The summed E-state index contributed by atoms with van der Waals surface area (Å²) in [7, 11) is 0. The highest BCUT2D eigenvalue weighted by Crippen LogP contribution is 2.08. The lowest BCUT2D eigenvalue weighted by molar-refractivity contribution is 0.0702. The summed E-state index contributed by atoms with van der Waals surface area (Å²) in [6.45, 7) is 0. The highest BCUT2D eigenvalue weighted by atomic mass is 16.5. The molecule has 0 radical (unpaired) electrons. The van der Waals surface area contributed by atoms with Crippen LogP contribution >= 0.6 is 0 Å². The van der Waals surface area contributed by atoms with E-state index in [9.17, 15) is 4.79 Å². The van der Waals surface area contributed by atoms with Crippen LogP contribution in [-0.2, 0) is 0 Å². The number of H-pyrrole nitrogens is 1. The van der Waals surface area contributed by atoms with Crippen molar-refractivity contribution in [3.8, 4) is 0 Å². The molecule has 0 fully saturated rings. The van der Waals surface area contributed by atoms with E-state index in [0.29, 0.717) is 11.2 Å². The number of hydrogen-bond acceptors (Lipinski definition) is 5. The van der Waals surface area contributed by atoms with Crippen LogP contribution in [0.25, 0.3) is 11.2 Å². The standard InChI is InChI=1S/C6H5N5O2/c12-6(11-13)4-3-5(9-1-7-3)10-2-8-4/h1-2,13H,(H,11,12)(H,7,8,9,10). The van der Waals surface area contributed by atoms with Gasteiger partial charge in [-0.25, -0.2) is 20.4 Å². The molecule has 2 aromatic heterocycles. The zero-order valence-corrected chi connectivity index (χ0v) is 6.35. The van der Waals surface area contributed by atoms with Crippen molar-refractivity contribution in [1.82, 2.24) is 25.4 Å². The first-order chi connectivity index (χ1) is 6.33. The molecule has 0 aliphatic carbocycles. The SMILES string of the molecule is O=C(NO)c1ncnc2nc[nH]c12. The average molecular weight is 179 g/mol. The lowest BCUT2D eigenvalue weighted by Gasteiger charge is -1.96. The van der Waals surface area contributed by atoms with Crippen LogP contribution in [0.2, 0.25) is 0 Å². The van der Waals surface area contributed by atoms with Gasteiger partial charge in [-0.15, -0.1) is 0 Å². The van der Waals surface area contributed by atoms with Crippen molar-refractivity contribution < 1.29 is 10.0 Å². The molecule has 0 aliphatic heterocycles. The third-order valence-corrected chi connectivity index (χ3v) is 1.54. The molecule has 7 heteroatoms. The Labute approximate surface area is 71.8 Å². The largest absolute Gasteiger partial charge is 0.341 e. The number of aromatic amines is 1. The van der Waals surface area contributed by atoms with Crippen LogP contribution in [0, 0.1) is 0 Å². The molecule has 0 spiro atoms. The maximum Gasteiger partial charge on any atom is 0.295 e. The van der Waals surface area contributed by atoms with Crippen LogP contribution in [0.15, 0.2) is 12.7 Å². The lowest BCUT2D eigenvalue weighted by atomic mass is 10.3. The summed E-state index contributed by atoms with van der Waals surface area (Å²) in [5.41, 5.74) is 2.33. The number of carbonyl (C=O) groups is 1. The van der Waals surface area contributed by atoms with Crippen molar-refractivity contribution in [2.45, 2.75) is 0 Å². The first-order valence-electron chi connectivity index (χ1n) is 3.41. The fraction of sp³-hybridized carbons (Fsp3) is 0. The van der Waals surface area contributed by atoms with Gasteiger partial charge in [-0.3, -0.25) is 10.0 Å². The van der Waals surface area contributed by atoms with Gasteiger partial charge in [0.05, 0.1) is 6.33 Å². The van der Waals surface area contributed by atoms with Crippen LogP contribution < -0.4 is 5.48 Å². The first-order valence-corrected chi connectivity index (χ1v) is 3.41. The number of nitrogens with zero attached hydrogens (tertiary/aromatic N) is 3. The number of fused-ring (bicyclic) bond motifs is 1. The van der Waals surface area contributed by atoms with Crippen molar-refractivity contribution in [2.75, 3.05) is 0 Å². The van der Waals surface area contributed by atoms with Crippen LogP contribution in [0.5, 0.6) is 0 Å². The number of nitrogens with one attached hydrogen (secondary N) is 2. The predicted octanol–water partition coefficient (Wildman–Crippen LogP) is -0.528. The number of aromatic nitrogens is 4. The minimum atomic E-state index is -0.698. The van der Waals surface area contributed by atoms with Crippen LogP contribution in [-0.4, -0.2) is 31.1 Å². The summed E-state index contributed by atoms with van der Waals surface area (Å²) in [6, 6.07) is 0. The number of carbonyl (C=O) groups excluding carboxylic acids is 1. The molecule has 2 rings (SSSR count). The molecule has 3 N–H and O–H groups in total. The maximum atomic E-state index is 11.0. The fourth-order valence-electron chi connectivity index (χ4n) is 0.990. The predicted molar refractivity (Wildman–Crippen MR) is 40.9 cm³/mol. The third-order valence-electron chi connectivity index (χ3n) is 1.54. The van der Waals surface area contributed by atoms with Crippen molar-refractivity contribution in [3.05, 3.63) is 18.3 Å². The zero-order chi connectivity index (χ0) is 9.26. The molecule has 0 saturated heterocycles. The van der Waals surface area contributed by atoms with Gasteiger partial charge in [0, 0.05) is 0 Å². The molecule has 1 amide bonds. The van der Waals surface area contributed by atoms with Crippen LogP contribution in [0.1, 0.15) is 10.5 Å².